The number of esters is 1. The second-order valence-corrected chi connectivity index (χ2v) is 10.1. The first-order chi connectivity index (χ1) is 11.5. The van der Waals surface area contributed by atoms with Crippen LogP contribution in [0.1, 0.15) is 71.6 Å². The van der Waals surface area contributed by atoms with E-state index < -0.39 is 0 Å². The number of hydrogen-bond donors (Lipinski definition) is 0. The highest BCUT2D eigenvalue weighted by molar-refractivity contribution is 5.74. The molecule has 4 atom stereocenters. The zero-order valence-corrected chi connectivity index (χ0v) is 15.3. The maximum atomic E-state index is 13.0. The van der Waals surface area contributed by atoms with Gasteiger partial charge >= 0.3 is 5.97 Å². The SMILES string of the molecule is CCC(C)(OC(=O)C1CC2C=CC1C2)C12CC3CC(CC(C3)C1)C2. The fraction of sp³-hybridized carbons (Fsp3) is 0.864. The van der Waals surface area contributed by atoms with Crippen molar-refractivity contribution in [2.24, 2.45) is 40.9 Å². The van der Waals surface area contributed by atoms with Gasteiger partial charge in [-0.3, -0.25) is 4.79 Å². The minimum Gasteiger partial charge on any atom is -0.459 e. The van der Waals surface area contributed by atoms with Gasteiger partial charge in [-0.2, -0.15) is 0 Å². The number of hydrogen-bond acceptors (Lipinski definition) is 2. The molecule has 0 aromatic carbocycles. The van der Waals surface area contributed by atoms with E-state index >= 15 is 0 Å². The van der Waals surface area contributed by atoms with Crippen LogP contribution in [0, 0.1) is 40.9 Å². The molecule has 2 nitrogen and oxygen atoms in total. The zero-order valence-electron chi connectivity index (χ0n) is 15.3. The summed E-state index contributed by atoms with van der Waals surface area (Å²) in [5.41, 5.74) is 0.0330. The van der Waals surface area contributed by atoms with Gasteiger partial charge in [0, 0.05) is 5.41 Å². The van der Waals surface area contributed by atoms with E-state index in [9.17, 15) is 4.79 Å². The number of ether oxygens (including phenoxy) is 1. The summed E-state index contributed by atoms with van der Waals surface area (Å²) in [5.74, 6) is 4.08. The number of allylic oxidation sites excluding steroid dienone is 2. The fourth-order valence-corrected chi connectivity index (χ4v) is 7.66. The van der Waals surface area contributed by atoms with Crippen molar-refractivity contribution in [3.63, 3.8) is 0 Å². The molecular weight excluding hydrogens is 296 g/mol. The van der Waals surface area contributed by atoms with Crippen LogP contribution in [0.4, 0.5) is 0 Å². The molecule has 132 valence electrons. The summed E-state index contributed by atoms with van der Waals surface area (Å²) >= 11 is 0. The highest BCUT2D eigenvalue weighted by Gasteiger charge is 2.60. The summed E-state index contributed by atoms with van der Waals surface area (Å²) in [5, 5.41) is 0. The topological polar surface area (TPSA) is 26.3 Å². The Hall–Kier alpha value is -0.790. The Kier molecular flexibility index (Phi) is 3.29. The molecule has 5 saturated carbocycles. The summed E-state index contributed by atoms with van der Waals surface area (Å²) in [6, 6.07) is 0. The summed E-state index contributed by atoms with van der Waals surface area (Å²) in [7, 11) is 0. The molecule has 0 N–H and O–H groups in total. The average molecular weight is 328 g/mol. The van der Waals surface area contributed by atoms with Gasteiger partial charge in [0.05, 0.1) is 5.92 Å². The molecule has 4 unspecified atom stereocenters. The van der Waals surface area contributed by atoms with E-state index in [1.165, 1.54) is 44.9 Å². The third-order valence-electron chi connectivity index (χ3n) is 8.74. The van der Waals surface area contributed by atoms with Crippen molar-refractivity contribution < 1.29 is 9.53 Å². The molecule has 0 saturated heterocycles. The van der Waals surface area contributed by atoms with E-state index in [4.69, 9.17) is 4.74 Å². The zero-order chi connectivity index (χ0) is 16.5. The highest BCUT2D eigenvalue weighted by atomic mass is 16.6. The van der Waals surface area contributed by atoms with Gasteiger partial charge in [-0.25, -0.2) is 0 Å². The molecule has 2 heteroatoms. The molecule has 5 fully saturated rings. The van der Waals surface area contributed by atoms with Crippen molar-refractivity contribution in [3.8, 4) is 0 Å². The van der Waals surface area contributed by atoms with Gasteiger partial charge < -0.3 is 4.74 Å². The predicted molar refractivity (Wildman–Crippen MR) is 94.2 cm³/mol. The lowest BCUT2D eigenvalue weighted by Gasteiger charge is -2.62. The minimum atomic E-state index is -0.244. The van der Waals surface area contributed by atoms with Crippen molar-refractivity contribution >= 4 is 5.97 Å². The van der Waals surface area contributed by atoms with Crippen LogP contribution < -0.4 is 0 Å². The Morgan fingerprint density at radius 2 is 1.67 bits per heavy atom. The Morgan fingerprint density at radius 1 is 1.04 bits per heavy atom. The summed E-state index contributed by atoms with van der Waals surface area (Å²) < 4.78 is 6.44. The maximum Gasteiger partial charge on any atom is 0.310 e. The number of fused-ring (bicyclic) bond motifs is 2. The standard InChI is InChI=1S/C22H32O2/c1-3-21(2,24-20(23)19-10-14-4-5-18(19)9-14)22-11-15-6-16(12-22)8-17(7-15)13-22/h4-5,14-19H,3,6-13H2,1-2H3. The van der Waals surface area contributed by atoms with Crippen molar-refractivity contribution in [1.82, 2.24) is 0 Å². The second-order valence-electron chi connectivity index (χ2n) is 10.1. The molecule has 6 aliphatic carbocycles. The molecule has 0 aliphatic heterocycles. The Morgan fingerprint density at radius 3 is 2.12 bits per heavy atom. The van der Waals surface area contributed by atoms with Crippen molar-refractivity contribution in [3.05, 3.63) is 12.2 Å². The summed E-state index contributed by atoms with van der Waals surface area (Å²) in [6.45, 7) is 4.52. The Bertz CT molecular complexity index is 541. The molecule has 6 rings (SSSR count). The molecule has 24 heavy (non-hydrogen) atoms. The smallest absolute Gasteiger partial charge is 0.310 e. The van der Waals surface area contributed by atoms with Gasteiger partial charge in [0.1, 0.15) is 5.60 Å². The molecule has 0 aromatic heterocycles. The van der Waals surface area contributed by atoms with E-state index in [1.54, 1.807) is 0 Å². The molecule has 0 amide bonds. The predicted octanol–water partition coefficient (Wildman–Crippen LogP) is 5.13. The van der Waals surface area contributed by atoms with Gasteiger partial charge in [-0.1, -0.05) is 19.1 Å². The van der Waals surface area contributed by atoms with E-state index in [2.05, 4.69) is 26.0 Å². The number of rotatable bonds is 4. The van der Waals surface area contributed by atoms with Crippen molar-refractivity contribution in [1.29, 1.82) is 0 Å². The molecule has 0 radical (unpaired) electrons. The van der Waals surface area contributed by atoms with Crippen LogP contribution in [0.3, 0.4) is 0 Å². The molecular formula is C22H32O2. The molecule has 6 aliphatic rings. The lowest BCUT2D eigenvalue weighted by Crippen LogP contribution is -2.58. The third-order valence-corrected chi connectivity index (χ3v) is 8.74. The second kappa shape index (κ2) is 5.11. The van der Waals surface area contributed by atoms with Gasteiger partial charge in [0.2, 0.25) is 0 Å². The summed E-state index contributed by atoms with van der Waals surface area (Å²) in [4.78, 5) is 13.0. The van der Waals surface area contributed by atoms with Crippen LogP contribution >= 0.6 is 0 Å². The third kappa shape index (κ3) is 2.10. The van der Waals surface area contributed by atoms with Gasteiger partial charge in [-0.15, -0.1) is 0 Å². The largest absolute Gasteiger partial charge is 0.459 e. The first-order valence-electron chi connectivity index (χ1n) is 10.4. The van der Waals surface area contributed by atoms with Crippen molar-refractivity contribution in [2.45, 2.75) is 77.2 Å². The van der Waals surface area contributed by atoms with E-state index in [-0.39, 0.29) is 22.9 Å². The minimum absolute atomic E-state index is 0.118. The Labute approximate surface area is 146 Å². The van der Waals surface area contributed by atoms with Crippen LogP contribution in [0.25, 0.3) is 0 Å². The van der Waals surface area contributed by atoms with Crippen LogP contribution in [0.2, 0.25) is 0 Å². The van der Waals surface area contributed by atoms with Gasteiger partial charge in [0.15, 0.2) is 0 Å². The number of carbonyl (C=O) groups excluding carboxylic acids is 1. The van der Waals surface area contributed by atoms with Crippen molar-refractivity contribution in [2.75, 3.05) is 0 Å². The van der Waals surface area contributed by atoms with E-state index in [1.807, 2.05) is 0 Å². The van der Waals surface area contributed by atoms with Crippen LogP contribution in [0.15, 0.2) is 12.2 Å². The summed E-state index contributed by atoms with van der Waals surface area (Å²) in [6.07, 6.45) is 16.1. The first kappa shape index (κ1) is 15.5. The van der Waals surface area contributed by atoms with Gasteiger partial charge in [-0.05, 0) is 94.3 Å². The van der Waals surface area contributed by atoms with E-state index in [0.29, 0.717) is 11.8 Å². The van der Waals surface area contributed by atoms with Crippen LogP contribution in [0.5, 0.6) is 0 Å². The fourth-order valence-electron chi connectivity index (χ4n) is 7.66. The molecule has 0 spiro atoms. The quantitative estimate of drug-likeness (QED) is 0.528. The highest BCUT2D eigenvalue weighted by Crippen LogP contribution is 2.65. The normalized spacial score (nSPS) is 50.2. The van der Waals surface area contributed by atoms with Crippen LogP contribution in [-0.2, 0) is 9.53 Å². The van der Waals surface area contributed by atoms with Gasteiger partial charge in [0.25, 0.3) is 0 Å². The molecule has 6 bridgehead atoms. The van der Waals surface area contributed by atoms with Crippen LogP contribution in [-0.4, -0.2) is 11.6 Å². The van der Waals surface area contributed by atoms with E-state index in [0.717, 1.165) is 30.6 Å². The number of carbonyl (C=O) groups is 1. The Balaban J connectivity index is 1.38. The first-order valence-corrected chi connectivity index (χ1v) is 10.4. The lowest BCUT2D eigenvalue weighted by atomic mass is 9.45. The maximum absolute atomic E-state index is 13.0. The molecule has 0 heterocycles. The molecule has 0 aromatic rings. The average Bonchev–Trinajstić information content (AvgIpc) is 3.16. The lowest BCUT2D eigenvalue weighted by molar-refractivity contribution is -0.209. The monoisotopic (exact) mass is 328 g/mol.